The summed E-state index contributed by atoms with van der Waals surface area (Å²) in [5, 5.41) is 13.7. The summed E-state index contributed by atoms with van der Waals surface area (Å²) in [7, 11) is 0. The zero-order valence-corrected chi connectivity index (χ0v) is 14.5. The van der Waals surface area contributed by atoms with Crippen LogP contribution in [0.3, 0.4) is 0 Å². The molecule has 0 radical (unpaired) electrons. The fourth-order valence-corrected chi connectivity index (χ4v) is 3.56. The van der Waals surface area contributed by atoms with E-state index in [9.17, 15) is 23.5 Å². The number of likely N-dealkylation sites (tertiary alicyclic amines) is 1. The van der Waals surface area contributed by atoms with Crippen molar-refractivity contribution in [2.24, 2.45) is 0 Å². The second-order valence-corrected chi connectivity index (χ2v) is 6.99. The van der Waals surface area contributed by atoms with Crippen LogP contribution in [0.5, 0.6) is 0 Å². The highest BCUT2D eigenvalue weighted by Crippen LogP contribution is 2.26. The van der Waals surface area contributed by atoms with Crippen LogP contribution in [0, 0.1) is 11.6 Å². The predicted molar refractivity (Wildman–Crippen MR) is 90.0 cm³/mol. The standard InChI is InChI=1S/C18H23F2N3O3/c19-14-3-2-13(10-15(14)20)11-23-7-1-5-18(26,17(23)25)12-22-8-4-16(24)21-6-9-22/h2-3,10,26H,1,4-9,11-12H2,(H,21,24). The molecule has 1 atom stereocenters. The van der Waals surface area contributed by atoms with E-state index in [1.807, 2.05) is 4.90 Å². The van der Waals surface area contributed by atoms with Crippen LogP contribution in [0.2, 0.25) is 0 Å². The van der Waals surface area contributed by atoms with E-state index in [1.165, 1.54) is 11.0 Å². The lowest BCUT2D eigenvalue weighted by molar-refractivity contribution is -0.160. The van der Waals surface area contributed by atoms with Gasteiger partial charge in [-0.15, -0.1) is 0 Å². The highest BCUT2D eigenvalue weighted by molar-refractivity contribution is 5.86. The third-order valence-corrected chi connectivity index (χ3v) is 4.95. The maximum Gasteiger partial charge on any atom is 0.256 e. The molecule has 6 nitrogen and oxygen atoms in total. The number of halogens is 2. The third kappa shape index (κ3) is 4.19. The molecule has 2 amide bonds. The molecule has 0 spiro atoms. The molecular weight excluding hydrogens is 344 g/mol. The lowest BCUT2D eigenvalue weighted by atomic mass is 9.90. The number of amides is 2. The van der Waals surface area contributed by atoms with Crippen molar-refractivity contribution in [3.8, 4) is 0 Å². The van der Waals surface area contributed by atoms with Gasteiger partial charge in [0.15, 0.2) is 17.2 Å². The van der Waals surface area contributed by atoms with Crippen LogP contribution in [0.1, 0.15) is 24.8 Å². The number of hydrogen-bond acceptors (Lipinski definition) is 4. The predicted octanol–water partition coefficient (Wildman–Crippen LogP) is 0.640. The molecule has 142 valence electrons. The topological polar surface area (TPSA) is 72.9 Å². The molecule has 0 bridgehead atoms. The Morgan fingerprint density at radius 2 is 1.96 bits per heavy atom. The summed E-state index contributed by atoms with van der Waals surface area (Å²) in [6, 6.07) is 3.54. The van der Waals surface area contributed by atoms with Gasteiger partial charge in [0.05, 0.1) is 0 Å². The molecule has 26 heavy (non-hydrogen) atoms. The normalized spacial score (nSPS) is 25.1. The lowest BCUT2D eigenvalue weighted by Gasteiger charge is -2.40. The number of aliphatic hydroxyl groups is 1. The first-order chi connectivity index (χ1) is 12.4. The van der Waals surface area contributed by atoms with E-state index in [0.29, 0.717) is 51.0 Å². The summed E-state index contributed by atoms with van der Waals surface area (Å²) in [6.07, 6.45) is 1.30. The number of β-amino-alcohol motifs (C(OH)–C–C–N with tert-alkyl or cyclic N) is 1. The van der Waals surface area contributed by atoms with Crippen LogP contribution in [0.4, 0.5) is 8.78 Å². The summed E-state index contributed by atoms with van der Waals surface area (Å²) in [5.74, 6) is -2.32. The van der Waals surface area contributed by atoms with Gasteiger partial charge >= 0.3 is 0 Å². The fourth-order valence-electron chi connectivity index (χ4n) is 3.56. The van der Waals surface area contributed by atoms with Gasteiger partial charge in [0.1, 0.15) is 0 Å². The molecule has 0 aromatic heterocycles. The molecule has 2 aliphatic heterocycles. The van der Waals surface area contributed by atoms with E-state index >= 15 is 0 Å². The molecule has 2 fully saturated rings. The van der Waals surface area contributed by atoms with E-state index < -0.39 is 23.1 Å². The van der Waals surface area contributed by atoms with Crippen molar-refractivity contribution in [3.63, 3.8) is 0 Å². The second-order valence-electron chi connectivity index (χ2n) is 6.99. The molecule has 1 unspecified atom stereocenters. The first-order valence-corrected chi connectivity index (χ1v) is 8.82. The Balaban J connectivity index is 1.67. The van der Waals surface area contributed by atoms with Crippen LogP contribution >= 0.6 is 0 Å². The van der Waals surface area contributed by atoms with Crippen molar-refractivity contribution >= 4 is 11.8 Å². The smallest absolute Gasteiger partial charge is 0.256 e. The number of piperidine rings is 1. The van der Waals surface area contributed by atoms with E-state index in [1.54, 1.807) is 0 Å². The zero-order valence-electron chi connectivity index (χ0n) is 14.5. The fraction of sp³-hybridized carbons (Fsp3) is 0.556. The van der Waals surface area contributed by atoms with Crippen molar-refractivity contribution in [2.45, 2.75) is 31.4 Å². The minimum Gasteiger partial charge on any atom is -0.379 e. The lowest BCUT2D eigenvalue weighted by Crippen LogP contribution is -2.58. The molecule has 8 heteroatoms. The Morgan fingerprint density at radius 3 is 2.73 bits per heavy atom. The molecule has 2 N–H and O–H groups in total. The Labute approximate surface area is 150 Å². The van der Waals surface area contributed by atoms with Crippen LogP contribution < -0.4 is 5.32 Å². The van der Waals surface area contributed by atoms with Crippen LogP contribution in [-0.2, 0) is 16.1 Å². The van der Waals surface area contributed by atoms with Crippen molar-refractivity contribution in [1.29, 1.82) is 0 Å². The van der Waals surface area contributed by atoms with Gasteiger partial charge in [0.25, 0.3) is 5.91 Å². The molecule has 1 aromatic rings. The van der Waals surface area contributed by atoms with E-state index in [2.05, 4.69) is 5.32 Å². The number of hydrogen-bond donors (Lipinski definition) is 2. The average Bonchev–Trinajstić information content (AvgIpc) is 2.80. The monoisotopic (exact) mass is 367 g/mol. The van der Waals surface area contributed by atoms with Crippen molar-refractivity contribution < 1.29 is 23.5 Å². The number of rotatable bonds is 4. The number of nitrogens with one attached hydrogen (secondary N) is 1. The summed E-state index contributed by atoms with van der Waals surface area (Å²) >= 11 is 0. The molecular formula is C18H23F2N3O3. The van der Waals surface area contributed by atoms with E-state index in [4.69, 9.17) is 0 Å². The van der Waals surface area contributed by atoms with E-state index in [0.717, 1.165) is 12.1 Å². The number of carbonyl (C=O) groups is 2. The molecule has 1 aromatic carbocycles. The minimum absolute atomic E-state index is 0.0329. The Hall–Kier alpha value is -2.06. The number of benzene rings is 1. The Kier molecular flexibility index (Phi) is 5.52. The SMILES string of the molecule is O=C1CCN(CC2(O)CCCN(Cc3ccc(F)c(F)c3)C2=O)CCN1. The third-order valence-electron chi connectivity index (χ3n) is 4.95. The van der Waals surface area contributed by atoms with Gasteiger partial charge in [-0.3, -0.25) is 14.5 Å². The maximum atomic E-state index is 13.4. The largest absolute Gasteiger partial charge is 0.379 e. The molecule has 2 aliphatic rings. The first-order valence-electron chi connectivity index (χ1n) is 8.82. The summed E-state index contributed by atoms with van der Waals surface area (Å²) in [6.45, 7) is 2.30. The van der Waals surface area contributed by atoms with Gasteiger partial charge in [-0.2, -0.15) is 0 Å². The molecule has 2 heterocycles. The molecule has 2 saturated heterocycles. The molecule has 0 saturated carbocycles. The summed E-state index contributed by atoms with van der Waals surface area (Å²) < 4.78 is 26.5. The van der Waals surface area contributed by atoms with Gasteiger partial charge in [-0.25, -0.2) is 8.78 Å². The molecule has 3 rings (SSSR count). The first kappa shape index (κ1) is 18.7. The number of nitrogens with zero attached hydrogens (tertiary/aromatic N) is 2. The summed E-state index contributed by atoms with van der Waals surface area (Å²) in [5.41, 5.74) is -1.05. The quantitative estimate of drug-likeness (QED) is 0.819. The number of carbonyl (C=O) groups excluding carboxylic acids is 2. The van der Waals surface area contributed by atoms with Crippen LogP contribution in [0.15, 0.2) is 18.2 Å². The van der Waals surface area contributed by atoms with Crippen molar-refractivity contribution in [2.75, 3.05) is 32.7 Å². The van der Waals surface area contributed by atoms with Gasteiger partial charge in [0.2, 0.25) is 5.91 Å². The van der Waals surface area contributed by atoms with E-state index in [-0.39, 0.29) is 19.0 Å². The zero-order chi connectivity index (χ0) is 18.7. The van der Waals surface area contributed by atoms with Gasteiger partial charge in [-0.05, 0) is 30.5 Å². The summed E-state index contributed by atoms with van der Waals surface area (Å²) in [4.78, 5) is 27.7. The van der Waals surface area contributed by atoms with Gasteiger partial charge in [-0.1, -0.05) is 6.07 Å². The van der Waals surface area contributed by atoms with Crippen LogP contribution in [-0.4, -0.2) is 65.0 Å². The second kappa shape index (κ2) is 7.67. The van der Waals surface area contributed by atoms with Crippen LogP contribution in [0.25, 0.3) is 0 Å². The van der Waals surface area contributed by atoms with Gasteiger partial charge in [0, 0.05) is 45.7 Å². The molecule has 0 aliphatic carbocycles. The Morgan fingerprint density at radius 1 is 1.15 bits per heavy atom. The van der Waals surface area contributed by atoms with Crippen molar-refractivity contribution in [1.82, 2.24) is 15.1 Å². The van der Waals surface area contributed by atoms with Crippen molar-refractivity contribution in [3.05, 3.63) is 35.4 Å². The minimum atomic E-state index is -1.52. The van der Waals surface area contributed by atoms with Gasteiger partial charge < -0.3 is 15.3 Å². The maximum absolute atomic E-state index is 13.4. The highest BCUT2D eigenvalue weighted by Gasteiger charge is 2.43. The Bertz CT molecular complexity index is 700. The highest BCUT2D eigenvalue weighted by atomic mass is 19.2. The average molecular weight is 367 g/mol.